The molecule has 1 saturated heterocycles. The summed E-state index contributed by atoms with van der Waals surface area (Å²) in [6.07, 6.45) is 3.26. The Morgan fingerprint density at radius 2 is 2.00 bits per heavy atom. The van der Waals surface area contributed by atoms with Crippen molar-refractivity contribution in [3.05, 3.63) is 35.4 Å². The second-order valence-electron chi connectivity index (χ2n) is 5.38. The number of hydrogen-bond acceptors (Lipinski definition) is 2. The van der Waals surface area contributed by atoms with Crippen LogP contribution in [0.4, 0.5) is 8.78 Å². The summed E-state index contributed by atoms with van der Waals surface area (Å²) in [7, 11) is 0. The summed E-state index contributed by atoms with van der Waals surface area (Å²) < 4.78 is 27.0. The van der Waals surface area contributed by atoms with E-state index in [1.54, 1.807) is 12.1 Å². The summed E-state index contributed by atoms with van der Waals surface area (Å²) in [6, 6.07) is 4.34. The van der Waals surface area contributed by atoms with Crippen LogP contribution in [0.1, 0.15) is 37.8 Å². The van der Waals surface area contributed by atoms with Crippen molar-refractivity contribution in [1.29, 1.82) is 0 Å². The monoisotopic (exact) mass is 268 g/mol. The minimum absolute atomic E-state index is 0.0745. The van der Waals surface area contributed by atoms with Crippen LogP contribution in [0, 0.1) is 17.6 Å². The SMILES string of the molecule is CC(c1cccc(F)c1F)N1CCC(CCN)CC1. The molecule has 0 radical (unpaired) electrons. The highest BCUT2D eigenvalue weighted by Gasteiger charge is 2.25. The second-order valence-corrected chi connectivity index (χ2v) is 5.38. The van der Waals surface area contributed by atoms with E-state index in [2.05, 4.69) is 4.90 Å². The van der Waals surface area contributed by atoms with E-state index < -0.39 is 11.6 Å². The molecule has 106 valence electrons. The van der Waals surface area contributed by atoms with Crippen LogP contribution in [0.3, 0.4) is 0 Å². The van der Waals surface area contributed by atoms with Gasteiger partial charge in [-0.25, -0.2) is 8.78 Å². The first-order valence-corrected chi connectivity index (χ1v) is 7.01. The molecule has 1 unspecified atom stereocenters. The Morgan fingerprint density at radius 3 is 2.63 bits per heavy atom. The molecule has 0 aliphatic carbocycles. The molecule has 0 aromatic heterocycles. The van der Waals surface area contributed by atoms with Crippen LogP contribution in [0.2, 0.25) is 0 Å². The number of piperidine rings is 1. The van der Waals surface area contributed by atoms with Crippen LogP contribution in [-0.2, 0) is 0 Å². The molecule has 0 amide bonds. The fraction of sp³-hybridized carbons (Fsp3) is 0.600. The lowest BCUT2D eigenvalue weighted by molar-refractivity contribution is 0.136. The highest BCUT2D eigenvalue weighted by Crippen LogP contribution is 2.29. The van der Waals surface area contributed by atoms with E-state index in [1.165, 1.54) is 6.07 Å². The molecule has 1 heterocycles. The third kappa shape index (κ3) is 3.31. The minimum Gasteiger partial charge on any atom is -0.330 e. The molecule has 2 rings (SSSR count). The Balaban J connectivity index is 2.01. The molecule has 1 aromatic rings. The van der Waals surface area contributed by atoms with Gasteiger partial charge in [0, 0.05) is 11.6 Å². The predicted octanol–water partition coefficient (Wildman–Crippen LogP) is 3.09. The maximum absolute atomic E-state index is 13.8. The predicted molar refractivity (Wildman–Crippen MR) is 72.7 cm³/mol. The van der Waals surface area contributed by atoms with Crippen LogP contribution in [0.5, 0.6) is 0 Å². The van der Waals surface area contributed by atoms with E-state index in [0.717, 1.165) is 38.9 Å². The minimum atomic E-state index is -0.762. The number of hydrogen-bond donors (Lipinski definition) is 1. The lowest BCUT2D eigenvalue weighted by Gasteiger charge is -2.36. The third-order valence-corrected chi connectivity index (χ3v) is 4.20. The highest BCUT2D eigenvalue weighted by atomic mass is 19.2. The zero-order valence-corrected chi connectivity index (χ0v) is 11.4. The first-order chi connectivity index (χ1) is 9.13. The number of nitrogens with zero attached hydrogens (tertiary/aromatic N) is 1. The van der Waals surface area contributed by atoms with Crippen molar-refractivity contribution in [3.8, 4) is 0 Å². The van der Waals surface area contributed by atoms with Crippen molar-refractivity contribution in [2.45, 2.75) is 32.2 Å². The standard InChI is InChI=1S/C15H22F2N2/c1-11(13-3-2-4-14(16)15(13)17)19-9-6-12(5-8-18)7-10-19/h2-4,11-12H,5-10,18H2,1H3. The summed E-state index contributed by atoms with van der Waals surface area (Å²) in [5, 5.41) is 0. The first-order valence-electron chi connectivity index (χ1n) is 7.01. The van der Waals surface area contributed by atoms with Crippen molar-refractivity contribution in [1.82, 2.24) is 4.90 Å². The van der Waals surface area contributed by atoms with Gasteiger partial charge in [0.15, 0.2) is 11.6 Å². The quantitative estimate of drug-likeness (QED) is 0.909. The van der Waals surface area contributed by atoms with Crippen LogP contribution < -0.4 is 5.73 Å². The Hall–Kier alpha value is -1.00. The average molecular weight is 268 g/mol. The maximum Gasteiger partial charge on any atom is 0.163 e. The van der Waals surface area contributed by atoms with E-state index in [-0.39, 0.29) is 6.04 Å². The van der Waals surface area contributed by atoms with Crippen molar-refractivity contribution >= 4 is 0 Å². The van der Waals surface area contributed by atoms with Gasteiger partial charge in [-0.1, -0.05) is 12.1 Å². The van der Waals surface area contributed by atoms with Crippen LogP contribution >= 0.6 is 0 Å². The molecule has 19 heavy (non-hydrogen) atoms. The second kappa shape index (κ2) is 6.44. The molecular formula is C15H22F2N2. The van der Waals surface area contributed by atoms with Crippen molar-refractivity contribution in [2.75, 3.05) is 19.6 Å². The topological polar surface area (TPSA) is 29.3 Å². The number of halogens is 2. The molecule has 0 saturated carbocycles. The fourth-order valence-electron chi connectivity index (χ4n) is 2.90. The van der Waals surface area contributed by atoms with Gasteiger partial charge in [-0.15, -0.1) is 0 Å². The molecule has 2 N–H and O–H groups in total. The summed E-state index contributed by atoms with van der Waals surface area (Å²) in [5.41, 5.74) is 6.03. The molecule has 1 atom stereocenters. The van der Waals surface area contributed by atoms with Gasteiger partial charge >= 0.3 is 0 Å². The van der Waals surface area contributed by atoms with Crippen LogP contribution in [-0.4, -0.2) is 24.5 Å². The molecular weight excluding hydrogens is 246 g/mol. The van der Waals surface area contributed by atoms with Crippen molar-refractivity contribution < 1.29 is 8.78 Å². The van der Waals surface area contributed by atoms with Gasteiger partial charge in [0.05, 0.1) is 0 Å². The summed E-state index contributed by atoms with van der Waals surface area (Å²) in [5.74, 6) is -0.785. The molecule has 2 nitrogen and oxygen atoms in total. The number of likely N-dealkylation sites (tertiary alicyclic amines) is 1. The smallest absolute Gasteiger partial charge is 0.163 e. The van der Waals surface area contributed by atoms with Gasteiger partial charge < -0.3 is 5.73 Å². The normalized spacial score (nSPS) is 19.6. The van der Waals surface area contributed by atoms with E-state index in [9.17, 15) is 8.78 Å². The number of rotatable bonds is 4. The molecule has 1 aliphatic rings. The fourth-order valence-corrected chi connectivity index (χ4v) is 2.90. The van der Waals surface area contributed by atoms with Gasteiger partial charge in [0.25, 0.3) is 0 Å². The van der Waals surface area contributed by atoms with Crippen LogP contribution in [0.25, 0.3) is 0 Å². The first kappa shape index (κ1) is 14.4. The van der Waals surface area contributed by atoms with Gasteiger partial charge in [-0.05, 0) is 57.8 Å². The zero-order chi connectivity index (χ0) is 13.8. The highest BCUT2D eigenvalue weighted by molar-refractivity contribution is 5.22. The van der Waals surface area contributed by atoms with E-state index >= 15 is 0 Å². The average Bonchev–Trinajstić information content (AvgIpc) is 2.42. The molecule has 0 spiro atoms. The van der Waals surface area contributed by atoms with E-state index in [1.807, 2.05) is 6.92 Å². The van der Waals surface area contributed by atoms with Gasteiger partial charge in [-0.2, -0.15) is 0 Å². The van der Waals surface area contributed by atoms with E-state index in [0.29, 0.717) is 11.5 Å². The Labute approximate surface area is 113 Å². The van der Waals surface area contributed by atoms with E-state index in [4.69, 9.17) is 5.73 Å². The van der Waals surface area contributed by atoms with Gasteiger partial charge in [-0.3, -0.25) is 4.90 Å². The molecule has 1 fully saturated rings. The third-order valence-electron chi connectivity index (χ3n) is 4.20. The largest absolute Gasteiger partial charge is 0.330 e. The number of nitrogens with two attached hydrogens (primary N) is 1. The van der Waals surface area contributed by atoms with Crippen LogP contribution in [0.15, 0.2) is 18.2 Å². The lowest BCUT2D eigenvalue weighted by Crippen LogP contribution is -2.36. The summed E-state index contributed by atoms with van der Waals surface area (Å²) in [6.45, 7) is 4.55. The van der Waals surface area contributed by atoms with Gasteiger partial charge in [0.1, 0.15) is 0 Å². The summed E-state index contributed by atoms with van der Waals surface area (Å²) in [4.78, 5) is 2.23. The van der Waals surface area contributed by atoms with Crippen molar-refractivity contribution in [3.63, 3.8) is 0 Å². The lowest BCUT2D eigenvalue weighted by atomic mass is 9.92. The summed E-state index contributed by atoms with van der Waals surface area (Å²) >= 11 is 0. The Kier molecular flexibility index (Phi) is 4.88. The molecule has 1 aliphatic heterocycles. The molecule has 1 aromatic carbocycles. The molecule has 4 heteroatoms. The Bertz CT molecular complexity index is 415. The van der Waals surface area contributed by atoms with Crippen molar-refractivity contribution in [2.24, 2.45) is 11.7 Å². The maximum atomic E-state index is 13.8. The number of benzene rings is 1. The Morgan fingerprint density at radius 1 is 1.32 bits per heavy atom. The zero-order valence-electron chi connectivity index (χ0n) is 11.4. The van der Waals surface area contributed by atoms with Gasteiger partial charge in [0.2, 0.25) is 0 Å². The molecule has 0 bridgehead atoms.